The highest BCUT2D eigenvalue weighted by molar-refractivity contribution is 6.01. The Morgan fingerprint density at radius 2 is 1.74 bits per heavy atom. The summed E-state index contributed by atoms with van der Waals surface area (Å²) in [5.41, 5.74) is 0.0233. The summed E-state index contributed by atoms with van der Waals surface area (Å²) in [6.45, 7) is 7.20. The van der Waals surface area contributed by atoms with Crippen LogP contribution in [0.3, 0.4) is 0 Å². The van der Waals surface area contributed by atoms with E-state index in [2.05, 4.69) is 10.6 Å². The van der Waals surface area contributed by atoms with Gasteiger partial charge in [-0.15, -0.1) is 0 Å². The maximum atomic E-state index is 12.1. The van der Waals surface area contributed by atoms with Crippen LogP contribution in [0.2, 0.25) is 0 Å². The maximum Gasteiger partial charge on any atom is 0.410 e. The van der Waals surface area contributed by atoms with Gasteiger partial charge in [0.1, 0.15) is 11.4 Å². The lowest BCUT2D eigenvalue weighted by Gasteiger charge is -2.36. The minimum Gasteiger partial charge on any atom is -0.497 e. The highest BCUT2D eigenvalue weighted by Gasteiger charge is 2.27. The van der Waals surface area contributed by atoms with Gasteiger partial charge in [-0.25, -0.2) is 9.59 Å². The smallest absolute Gasteiger partial charge is 0.410 e. The molecular formula is C18H27N5O4. The fourth-order valence-electron chi connectivity index (χ4n) is 2.49. The topological polar surface area (TPSA) is 107 Å². The predicted molar refractivity (Wildman–Crippen MR) is 102 cm³/mol. The molecule has 1 aromatic rings. The summed E-state index contributed by atoms with van der Waals surface area (Å²) in [5.74, 6) is 0.611. The third-order valence-electron chi connectivity index (χ3n) is 3.81. The van der Waals surface area contributed by atoms with Crippen molar-refractivity contribution in [2.75, 3.05) is 38.6 Å². The Labute approximate surface area is 159 Å². The van der Waals surface area contributed by atoms with Crippen molar-refractivity contribution in [3.63, 3.8) is 0 Å². The van der Waals surface area contributed by atoms with Crippen LogP contribution < -0.4 is 15.4 Å². The predicted octanol–water partition coefficient (Wildman–Crippen LogP) is 2.30. The van der Waals surface area contributed by atoms with Crippen LogP contribution in [0.15, 0.2) is 24.3 Å². The van der Waals surface area contributed by atoms with E-state index in [9.17, 15) is 9.59 Å². The molecule has 1 aromatic carbocycles. The van der Waals surface area contributed by atoms with Crippen LogP contribution in [0.5, 0.6) is 5.75 Å². The standard InChI is InChI=1S/C18H27N5O4/c1-18(2,3)27-17(25)23-10-8-22(9-11-23)15(19)21-16(24)20-13-6-5-7-14(12-13)26-4/h5-7,12H,8-11H2,1-4H3,(H3,19,20,21,24). The Morgan fingerprint density at radius 3 is 2.33 bits per heavy atom. The van der Waals surface area contributed by atoms with Gasteiger partial charge in [0.05, 0.1) is 7.11 Å². The van der Waals surface area contributed by atoms with Gasteiger partial charge in [0, 0.05) is 37.9 Å². The Kier molecular flexibility index (Phi) is 6.49. The average molecular weight is 377 g/mol. The number of benzene rings is 1. The van der Waals surface area contributed by atoms with Crippen molar-refractivity contribution >= 4 is 23.8 Å². The molecule has 0 radical (unpaired) electrons. The fraction of sp³-hybridized carbons (Fsp3) is 0.500. The van der Waals surface area contributed by atoms with Gasteiger partial charge < -0.3 is 24.6 Å². The third kappa shape index (κ3) is 6.36. The van der Waals surface area contributed by atoms with E-state index < -0.39 is 11.6 Å². The molecular weight excluding hydrogens is 350 g/mol. The van der Waals surface area contributed by atoms with Crippen molar-refractivity contribution < 1.29 is 19.1 Å². The monoisotopic (exact) mass is 377 g/mol. The number of methoxy groups -OCH3 is 1. The molecule has 9 heteroatoms. The molecule has 0 bridgehead atoms. The lowest BCUT2D eigenvalue weighted by molar-refractivity contribution is 0.0185. The van der Waals surface area contributed by atoms with Gasteiger partial charge in [0.15, 0.2) is 5.96 Å². The maximum absolute atomic E-state index is 12.1. The number of carbonyl (C=O) groups excluding carboxylic acids is 2. The number of hydrogen-bond donors (Lipinski definition) is 3. The molecule has 0 saturated carbocycles. The van der Waals surface area contributed by atoms with Crippen molar-refractivity contribution in [2.24, 2.45) is 0 Å². The zero-order valence-corrected chi connectivity index (χ0v) is 16.2. The fourth-order valence-corrected chi connectivity index (χ4v) is 2.49. The van der Waals surface area contributed by atoms with E-state index in [0.29, 0.717) is 37.6 Å². The van der Waals surface area contributed by atoms with Crippen LogP contribution in [-0.2, 0) is 4.74 Å². The lowest BCUT2D eigenvalue weighted by atomic mass is 10.2. The molecule has 0 unspecified atom stereocenters. The largest absolute Gasteiger partial charge is 0.497 e. The average Bonchev–Trinajstić information content (AvgIpc) is 2.60. The van der Waals surface area contributed by atoms with Gasteiger partial charge in [-0.2, -0.15) is 0 Å². The summed E-state index contributed by atoms with van der Waals surface area (Å²) in [7, 11) is 1.55. The second-order valence-corrected chi connectivity index (χ2v) is 7.11. The molecule has 2 rings (SSSR count). The number of anilines is 1. The molecule has 0 aromatic heterocycles. The van der Waals surface area contributed by atoms with E-state index in [-0.39, 0.29) is 12.1 Å². The van der Waals surface area contributed by atoms with E-state index in [1.54, 1.807) is 41.2 Å². The highest BCUT2D eigenvalue weighted by Crippen LogP contribution is 2.16. The second-order valence-electron chi connectivity index (χ2n) is 7.11. The quantitative estimate of drug-likeness (QED) is 0.542. The van der Waals surface area contributed by atoms with E-state index >= 15 is 0 Å². The number of carbonyl (C=O) groups is 2. The van der Waals surface area contributed by atoms with Gasteiger partial charge in [-0.1, -0.05) is 6.07 Å². The molecule has 27 heavy (non-hydrogen) atoms. The van der Waals surface area contributed by atoms with E-state index in [0.717, 1.165) is 0 Å². The first-order valence-corrected chi connectivity index (χ1v) is 8.71. The minimum absolute atomic E-state index is 0.0146. The van der Waals surface area contributed by atoms with Gasteiger partial charge in [0.2, 0.25) is 0 Å². The zero-order chi connectivity index (χ0) is 20.0. The van der Waals surface area contributed by atoms with E-state index in [1.807, 2.05) is 20.8 Å². The molecule has 1 aliphatic rings. The third-order valence-corrected chi connectivity index (χ3v) is 3.81. The van der Waals surface area contributed by atoms with Gasteiger partial charge in [-0.3, -0.25) is 10.7 Å². The number of nitrogens with zero attached hydrogens (tertiary/aromatic N) is 2. The van der Waals surface area contributed by atoms with E-state index in [4.69, 9.17) is 14.9 Å². The van der Waals surface area contributed by atoms with Crippen LogP contribution >= 0.6 is 0 Å². The number of hydrogen-bond acceptors (Lipinski definition) is 5. The van der Waals surface area contributed by atoms with Crippen LogP contribution in [0.4, 0.5) is 15.3 Å². The summed E-state index contributed by atoms with van der Waals surface area (Å²) in [6.07, 6.45) is -0.364. The molecule has 0 spiro atoms. The van der Waals surface area contributed by atoms with Crippen molar-refractivity contribution in [1.82, 2.24) is 15.1 Å². The van der Waals surface area contributed by atoms with Crippen molar-refractivity contribution in [1.29, 1.82) is 5.41 Å². The molecule has 3 N–H and O–H groups in total. The molecule has 1 heterocycles. The van der Waals surface area contributed by atoms with Crippen LogP contribution in [0.25, 0.3) is 0 Å². The Hall–Kier alpha value is -2.97. The molecule has 148 valence electrons. The normalized spacial score (nSPS) is 14.4. The Morgan fingerprint density at radius 1 is 1.11 bits per heavy atom. The van der Waals surface area contributed by atoms with Crippen LogP contribution in [0, 0.1) is 5.41 Å². The summed E-state index contributed by atoms with van der Waals surface area (Å²) in [4.78, 5) is 27.4. The number of guanidine groups is 1. The summed E-state index contributed by atoms with van der Waals surface area (Å²) in [6, 6.07) is 6.43. The first kappa shape index (κ1) is 20.3. The molecule has 1 fully saturated rings. The highest BCUT2D eigenvalue weighted by atomic mass is 16.6. The van der Waals surface area contributed by atoms with Gasteiger partial charge >= 0.3 is 12.1 Å². The number of piperazine rings is 1. The Bertz CT molecular complexity index is 693. The molecule has 0 aliphatic carbocycles. The number of amides is 3. The minimum atomic E-state index is -0.541. The zero-order valence-electron chi connectivity index (χ0n) is 16.2. The number of rotatable bonds is 2. The van der Waals surface area contributed by atoms with Crippen molar-refractivity contribution in [2.45, 2.75) is 26.4 Å². The van der Waals surface area contributed by atoms with Gasteiger partial charge in [-0.05, 0) is 32.9 Å². The summed E-state index contributed by atoms with van der Waals surface area (Å²) in [5, 5.41) is 13.2. The molecule has 1 aliphatic heterocycles. The number of ether oxygens (including phenoxy) is 2. The Balaban J connectivity index is 1.80. The van der Waals surface area contributed by atoms with Crippen molar-refractivity contribution in [3.05, 3.63) is 24.3 Å². The first-order valence-electron chi connectivity index (χ1n) is 8.71. The van der Waals surface area contributed by atoms with E-state index in [1.165, 1.54) is 0 Å². The van der Waals surface area contributed by atoms with Crippen LogP contribution in [0.1, 0.15) is 20.8 Å². The van der Waals surface area contributed by atoms with Crippen molar-refractivity contribution in [3.8, 4) is 5.75 Å². The lowest BCUT2D eigenvalue weighted by Crippen LogP contribution is -2.55. The summed E-state index contributed by atoms with van der Waals surface area (Å²) >= 11 is 0. The SMILES string of the molecule is COc1cccc(NC(=O)NC(=N)N2CCN(C(=O)OC(C)(C)C)CC2)c1. The summed E-state index contributed by atoms with van der Waals surface area (Å²) < 4.78 is 10.5. The molecule has 3 amide bonds. The molecule has 9 nitrogen and oxygen atoms in total. The number of urea groups is 1. The van der Waals surface area contributed by atoms with Gasteiger partial charge in [0.25, 0.3) is 0 Å². The second kappa shape index (κ2) is 8.61. The number of nitrogens with one attached hydrogen (secondary N) is 3. The molecule has 0 atom stereocenters. The molecule has 1 saturated heterocycles. The first-order chi connectivity index (χ1) is 12.7. The van der Waals surface area contributed by atoms with Crippen LogP contribution in [-0.4, -0.2) is 66.8 Å².